The van der Waals surface area contributed by atoms with E-state index in [2.05, 4.69) is 57.5 Å². The maximum atomic E-state index is 13.6. The van der Waals surface area contributed by atoms with E-state index in [1.807, 2.05) is 18.2 Å². The number of piperazine rings is 2. The summed E-state index contributed by atoms with van der Waals surface area (Å²) >= 11 is 6.27. The molecule has 1 aromatic heterocycles. The highest BCUT2D eigenvalue weighted by Gasteiger charge is 2.63. The number of fused-ring (bicyclic) bond motifs is 1. The number of pyridine rings is 1. The summed E-state index contributed by atoms with van der Waals surface area (Å²) in [7, 11) is 0. The molecule has 314 valence electrons. The zero-order valence-electron chi connectivity index (χ0n) is 34.6. The highest BCUT2D eigenvalue weighted by Crippen LogP contribution is 2.62. The third-order valence-corrected chi connectivity index (χ3v) is 13.8. The van der Waals surface area contributed by atoms with Crippen LogP contribution in [0.3, 0.4) is 0 Å². The summed E-state index contributed by atoms with van der Waals surface area (Å²) in [6.45, 7) is 24.6. The third kappa shape index (κ3) is 7.74. The number of ether oxygens (including phenoxy) is 1. The van der Waals surface area contributed by atoms with Gasteiger partial charge in [-0.2, -0.15) is 0 Å². The van der Waals surface area contributed by atoms with Crippen LogP contribution in [0.25, 0.3) is 4.85 Å². The van der Waals surface area contributed by atoms with Crippen LogP contribution in [0.15, 0.2) is 54.7 Å². The van der Waals surface area contributed by atoms with E-state index in [0.717, 1.165) is 81.9 Å². The number of halogens is 1. The number of amides is 4. The zero-order valence-corrected chi connectivity index (χ0v) is 35.3. The number of benzene rings is 2. The fraction of sp³-hybridized carbons (Fsp3) is 0.489. The monoisotopic (exact) mass is 834 g/mol. The lowest BCUT2D eigenvalue weighted by molar-refractivity contribution is -0.196. The maximum Gasteiger partial charge on any atom is 0.262 e. The lowest BCUT2D eigenvalue weighted by Crippen LogP contribution is -2.66. The Hall–Kier alpha value is -5.36. The average molecular weight is 835 g/mol. The largest absolute Gasteiger partial charge is 0.489 e. The van der Waals surface area contributed by atoms with Gasteiger partial charge >= 0.3 is 0 Å². The van der Waals surface area contributed by atoms with Crippen molar-refractivity contribution in [1.29, 1.82) is 0 Å². The molecule has 1 unspecified atom stereocenters. The van der Waals surface area contributed by atoms with E-state index < -0.39 is 29.7 Å². The summed E-state index contributed by atoms with van der Waals surface area (Å²) in [4.78, 5) is 82.7. The molecule has 3 saturated heterocycles. The smallest absolute Gasteiger partial charge is 0.262 e. The van der Waals surface area contributed by atoms with Crippen molar-refractivity contribution in [2.24, 2.45) is 16.7 Å². The quantitative estimate of drug-likeness (QED) is 0.152. The van der Waals surface area contributed by atoms with E-state index in [4.69, 9.17) is 27.9 Å². The average Bonchev–Trinajstić information content (AvgIpc) is 3.49. The Kier molecular flexibility index (Phi) is 11.2. The molecule has 4 aliphatic heterocycles. The molecule has 1 saturated carbocycles. The molecule has 1 N–H and O–H groups in total. The van der Waals surface area contributed by atoms with Crippen molar-refractivity contribution in [1.82, 2.24) is 25.0 Å². The molecule has 3 aromatic rings. The van der Waals surface area contributed by atoms with Gasteiger partial charge in [-0.1, -0.05) is 45.4 Å². The summed E-state index contributed by atoms with van der Waals surface area (Å²) in [5.74, 6) is -0.308. The number of Topliss-reactive ketones (excluding diaryl/α,β-unsaturated/α-hetero) is 1. The second-order valence-electron chi connectivity index (χ2n) is 17.8. The summed E-state index contributed by atoms with van der Waals surface area (Å²) in [6, 6.07) is 13.3. The van der Waals surface area contributed by atoms with Crippen molar-refractivity contribution in [2.45, 2.75) is 59.1 Å². The van der Waals surface area contributed by atoms with Crippen molar-refractivity contribution >= 4 is 58.2 Å². The summed E-state index contributed by atoms with van der Waals surface area (Å²) in [5, 5.41) is 2.61. The second kappa shape index (κ2) is 16.2. The predicted octanol–water partition coefficient (Wildman–Crippen LogP) is 5.33. The molecule has 5 aliphatic rings. The molecule has 2 aromatic carbocycles. The Morgan fingerprint density at radius 1 is 0.850 bits per heavy atom. The topological polar surface area (TPSA) is 140 Å². The van der Waals surface area contributed by atoms with Crippen LogP contribution in [0.1, 0.15) is 78.0 Å². The van der Waals surface area contributed by atoms with Gasteiger partial charge in [0, 0.05) is 107 Å². The van der Waals surface area contributed by atoms with Crippen LogP contribution in [0.4, 0.5) is 17.2 Å². The molecule has 14 nitrogen and oxygen atoms in total. The summed E-state index contributed by atoms with van der Waals surface area (Å²) in [5.41, 5.74) is 1.96. The maximum absolute atomic E-state index is 13.6. The van der Waals surface area contributed by atoms with Crippen molar-refractivity contribution in [3.05, 3.63) is 87.9 Å². The Labute approximate surface area is 355 Å². The van der Waals surface area contributed by atoms with E-state index in [-0.39, 0.29) is 41.5 Å². The number of rotatable bonds is 11. The molecule has 4 amide bonds. The Morgan fingerprint density at radius 2 is 1.50 bits per heavy atom. The molecule has 4 fully saturated rings. The molecule has 5 heterocycles. The standard InChI is InChI=1S/C45H51ClN8O6/c1-44(2)37(45(3,4)43(44)60-30-8-10-34(47-5)33(46)25-30)26-36(55)28-6-12-38(48-27-28)53-22-18-51(19-23-53)15-14-50-16-20-52(21-17-50)29-7-9-31-32(24-29)42(59)54(41(31)58)35-11-13-39(56)49-40(35)57/h6-10,12,24-25,27,35,37,43H,11,13-23,26H2,1-4H3,(H,49,56,57). The minimum Gasteiger partial charge on any atom is -0.489 e. The first-order valence-electron chi connectivity index (χ1n) is 20.8. The van der Waals surface area contributed by atoms with E-state index >= 15 is 0 Å². The van der Waals surface area contributed by atoms with Gasteiger partial charge < -0.3 is 14.5 Å². The Balaban J connectivity index is 0.769. The van der Waals surface area contributed by atoms with Crippen LogP contribution in [0.2, 0.25) is 5.02 Å². The zero-order chi connectivity index (χ0) is 42.5. The Morgan fingerprint density at radius 3 is 2.10 bits per heavy atom. The van der Waals surface area contributed by atoms with Gasteiger partial charge in [-0.05, 0) is 54.8 Å². The first-order valence-corrected chi connectivity index (χ1v) is 21.2. The van der Waals surface area contributed by atoms with Crippen LogP contribution < -0.4 is 19.9 Å². The predicted molar refractivity (Wildman–Crippen MR) is 227 cm³/mol. The van der Waals surface area contributed by atoms with Gasteiger partial charge in [0.2, 0.25) is 17.5 Å². The van der Waals surface area contributed by atoms with Crippen molar-refractivity contribution < 1.29 is 28.7 Å². The van der Waals surface area contributed by atoms with Crippen molar-refractivity contribution in [2.75, 3.05) is 75.2 Å². The highest BCUT2D eigenvalue weighted by atomic mass is 35.5. The van der Waals surface area contributed by atoms with Gasteiger partial charge in [0.25, 0.3) is 11.8 Å². The van der Waals surface area contributed by atoms with Crippen LogP contribution in [-0.4, -0.2) is 127 Å². The molecule has 8 rings (SSSR count). The number of nitrogens with zero attached hydrogens (tertiary/aromatic N) is 7. The molecule has 0 radical (unpaired) electrons. The molecule has 60 heavy (non-hydrogen) atoms. The van der Waals surface area contributed by atoms with Gasteiger partial charge in [-0.25, -0.2) is 9.83 Å². The molecule has 1 aliphatic carbocycles. The molecular formula is C45H51ClN8O6. The fourth-order valence-electron chi connectivity index (χ4n) is 10.2. The second-order valence-corrected chi connectivity index (χ2v) is 18.2. The third-order valence-electron chi connectivity index (χ3n) is 13.5. The number of hydrogen-bond donors (Lipinski definition) is 1. The van der Waals surface area contributed by atoms with Crippen LogP contribution in [0.5, 0.6) is 5.75 Å². The van der Waals surface area contributed by atoms with Gasteiger partial charge in [0.05, 0.1) is 22.7 Å². The molecule has 0 spiro atoms. The van der Waals surface area contributed by atoms with E-state index in [1.165, 1.54) is 0 Å². The van der Waals surface area contributed by atoms with Gasteiger partial charge in [0.1, 0.15) is 23.7 Å². The number of hydrogen-bond acceptors (Lipinski definition) is 11. The van der Waals surface area contributed by atoms with E-state index in [1.54, 1.807) is 36.5 Å². The fourth-order valence-corrected chi connectivity index (χ4v) is 10.4. The van der Waals surface area contributed by atoms with Gasteiger partial charge in [0.15, 0.2) is 5.78 Å². The number of anilines is 2. The molecule has 1 atom stereocenters. The lowest BCUT2D eigenvalue weighted by Gasteiger charge is -2.63. The Bertz CT molecular complexity index is 2240. The van der Waals surface area contributed by atoms with Crippen molar-refractivity contribution in [3.63, 3.8) is 0 Å². The van der Waals surface area contributed by atoms with Crippen LogP contribution in [0, 0.1) is 23.3 Å². The number of piperidine rings is 1. The minimum absolute atomic E-state index is 0.0750. The van der Waals surface area contributed by atoms with Gasteiger partial charge in [-0.3, -0.25) is 44.0 Å². The van der Waals surface area contributed by atoms with Crippen LogP contribution >= 0.6 is 11.6 Å². The van der Waals surface area contributed by atoms with Crippen molar-refractivity contribution in [3.8, 4) is 5.75 Å². The SMILES string of the molecule is [C-]#[N+]c1ccc(OC2C(C)(C)C(CC(=O)c3ccc(N4CCN(CCN5CCN(c6ccc7c(c6)C(=O)N(C6CCC(=O)NC6=O)C7=O)CC5)CC4)nc3)C2(C)C)cc1Cl. The first-order chi connectivity index (χ1) is 28.6. The number of aromatic nitrogens is 1. The summed E-state index contributed by atoms with van der Waals surface area (Å²) < 4.78 is 6.42. The van der Waals surface area contributed by atoms with Crippen LogP contribution in [-0.2, 0) is 9.59 Å². The van der Waals surface area contributed by atoms with Gasteiger partial charge in [-0.15, -0.1) is 0 Å². The first kappa shape index (κ1) is 41.4. The molecular weight excluding hydrogens is 784 g/mol. The molecule has 0 bridgehead atoms. The number of imide groups is 2. The molecule has 15 heteroatoms. The number of ketones is 1. The number of carbonyl (C=O) groups excluding carboxylic acids is 5. The van der Waals surface area contributed by atoms with E-state index in [9.17, 15) is 24.0 Å². The van der Waals surface area contributed by atoms with E-state index in [0.29, 0.717) is 39.6 Å². The summed E-state index contributed by atoms with van der Waals surface area (Å²) in [6.07, 6.45) is 2.21. The number of nitrogens with one attached hydrogen (secondary N) is 1. The number of carbonyl (C=O) groups is 5. The normalized spacial score (nSPS) is 24.1. The highest BCUT2D eigenvalue weighted by molar-refractivity contribution is 6.33. The lowest BCUT2D eigenvalue weighted by atomic mass is 9.44. The minimum atomic E-state index is -0.976.